The van der Waals surface area contributed by atoms with Gasteiger partial charge in [0, 0.05) is 32.5 Å². The molecule has 0 bridgehead atoms. The van der Waals surface area contributed by atoms with E-state index in [0.717, 1.165) is 36.5 Å². The predicted molar refractivity (Wildman–Crippen MR) is 164 cm³/mol. The van der Waals surface area contributed by atoms with Crippen LogP contribution in [-0.4, -0.2) is 41.6 Å². The lowest BCUT2D eigenvalue weighted by Crippen LogP contribution is -2.22. The van der Waals surface area contributed by atoms with E-state index in [4.69, 9.17) is 4.74 Å². The highest BCUT2D eigenvalue weighted by molar-refractivity contribution is 7.90. The highest BCUT2D eigenvalue weighted by atomic mass is 32.2. The molecule has 1 atom stereocenters. The molecule has 1 aliphatic carbocycles. The zero-order valence-corrected chi connectivity index (χ0v) is 25.4. The standard InChI is InChI=1S/C30H27N3O6S3/c1-17(18-7-5-4-6-8-18)39-29(36)32-27-20(16-31-33(27)2)23-15-25-24(41-23)14-22(40-25)19-9-10-21(26(13-19)42(3,37)38)30(11-12-30)28(34)35/h4-10,13-17H,11-12H2,1-3H3,(H,32,36)(H,34,35)/t17-/m1/s1. The van der Waals surface area contributed by atoms with E-state index >= 15 is 0 Å². The van der Waals surface area contributed by atoms with Gasteiger partial charge in [0.05, 0.1) is 22.1 Å². The van der Waals surface area contributed by atoms with Gasteiger partial charge in [0.2, 0.25) is 0 Å². The molecule has 12 heteroatoms. The first-order valence-corrected chi connectivity index (χ1v) is 16.7. The number of carbonyl (C=O) groups is 2. The Bertz CT molecular complexity index is 1920. The fourth-order valence-electron chi connectivity index (χ4n) is 5.06. The Labute approximate surface area is 250 Å². The van der Waals surface area contributed by atoms with E-state index < -0.39 is 33.4 Å². The number of sulfone groups is 1. The van der Waals surface area contributed by atoms with Gasteiger partial charge >= 0.3 is 12.1 Å². The molecule has 9 nitrogen and oxygen atoms in total. The third-order valence-electron chi connectivity index (χ3n) is 7.53. The number of carboxylic acids is 1. The van der Waals surface area contributed by atoms with Crippen LogP contribution >= 0.6 is 22.7 Å². The van der Waals surface area contributed by atoms with Crippen molar-refractivity contribution >= 4 is 59.8 Å². The summed E-state index contributed by atoms with van der Waals surface area (Å²) in [4.78, 5) is 26.5. The number of ether oxygens (including phenoxy) is 1. The van der Waals surface area contributed by atoms with Crippen molar-refractivity contribution in [1.29, 1.82) is 0 Å². The van der Waals surface area contributed by atoms with E-state index in [1.165, 1.54) is 22.7 Å². The second kappa shape index (κ2) is 10.4. The molecule has 0 spiro atoms. The van der Waals surface area contributed by atoms with Crippen LogP contribution < -0.4 is 5.32 Å². The van der Waals surface area contributed by atoms with Crippen LogP contribution in [0.5, 0.6) is 0 Å². The van der Waals surface area contributed by atoms with Gasteiger partial charge in [0.25, 0.3) is 0 Å². The van der Waals surface area contributed by atoms with Crippen LogP contribution in [0.15, 0.2) is 71.8 Å². The molecule has 0 saturated heterocycles. The summed E-state index contributed by atoms with van der Waals surface area (Å²) in [6, 6.07) is 18.5. The maximum atomic E-state index is 12.7. The third-order valence-corrected chi connectivity index (χ3v) is 11.0. The van der Waals surface area contributed by atoms with E-state index in [0.29, 0.717) is 29.8 Å². The lowest BCUT2D eigenvalue weighted by molar-refractivity contribution is -0.140. The molecule has 5 aromatic rings. The van der Waals surface area contributed by atoms with Crippen molar-refractivity contribution in [1.82, 2.24) is 9.78 Å². The van der Waals surface area contributed by atoms with E-state index in [9.17, 15) is 23.1 Å². The molecule has 2 N–H and O–H groups in total. The monoisotopic (exact) mass is 621 g/mol. The average Bonchev–Trinajstić information content (AvgIpc) is 3.36. The van der Waals surface area contributed by atoms with Crippen molar-refractivity contribution in [3.05, 3.63) is 78.0 Å². The summed E-state index contributed by atoms with van der Waals surface area (Å²) in [5, 5.41) is 16.9. The van der Waals surface area contributed by atoms with Crippen LogP contribution in [0.25, 0.3) is 30.3 Å². The molecule has 0 aliphatic heterocycles. The number of anilines is 1. The number of hydrogen-bond donors (Lipinski definition) is 2. The molecule has 3 heterocycles. The summed E-state index contributed by atoms with van der Waals surface area (Å²) < 4.78 is 34.5. The minimum atomic E-state index is -3.65. The Morgan fingerprint density at radius 3 is 2.36 bits per heavy atom. The molecule has 2 aromatic carbocycles. The van der Waals surface area contributed by atoms with Gasteiger partial charge in [0.1, 0.15) is 11.9 Å². The Hall–Kier alpha value is -4.00. The first-order chi connectivity index (χ1) is 20.0. The highest BCUT2D eigenvalue weighted by Gasteiger charge is 2.53. The highest BCUT2D eigenvalue weighted by Crippen LogP contribution is 2.51. The first kappa shape index (κ1) is 28.1. The number of carboxylic acid groups (broad SMARTS) is 1. The Balaban J connectivity index is 1.26. The molecule has 1 aliphatic rings. The number of aryl methyl sites for hydroxylation is 1. The molecule has 0 unspecified atom stereocenters. The van der Waals surface area contributed by atoms with Crippen molar-refractivity contribution in [3.8, 4) is 20.9 Å². The van der Waals surface area contributed by atoms with Crippen LogP contribution in [0.4, 0.5) is 10.6 Å². The largest absolute Gasteiger partial charge is 0.481 e. The average molecular weight is 622 g/mol. The molecule has 3 aromatic heterocycles. The van der Waals surface area contributed by atoms with Crippen molar-refractivity contribution < 1.29 is 27.9 Å². The Morgan fingerprint density at radius 2 is 1.71 bits per heavy atom. The van der Waals surface area contributed by atoms with Gasteiger partial charge in [-0.05, 0) is 54.7 Å². The summed E-state index contributed by atoms with van der Waals surface area (Å²) >= 11 is 3.04. The summed E-state index contributed by atoms with van der Waals surface area (Å²) in [6.07, 6.45) is 2.65. The number of rotatable bonds is 8. The zero-order valence-electron chi connectivity index (χ0n) is 23.0. The summed E-state index contributed by atoms with van der Waals surface area (Å²) in [7, 11) is -1.90. The first-order valence-electron chi connectivity index (χ1n) is 13.1. The number of thiophene rings is 2. The van der Waals surface area contributed by atoms with Crippen molar-refractivity contribution in [3.63, 3.8) is 0 Å². The Kier molecular flexibility index (Phi) is 6.95. The minimum Gasteiger partial charge on any atom is -0.481 e. The van der Waals surface area contributed by atoms with Gasteiger partial charge in [0.15, 0.2) is 9.84 Å². The molecule has 1 fully saturated rings. The topological polar surface area (TPSA) is 128 Å². The van der Waals surface area contributed by atoms with E-state index in [2.05, 4.69) is 10.4 Å². The van der Waals surface area contributed by atoms with Crippen LogP contribution in [-0.2, 0) is 31.8 Å². The smallest absolute Gasteiger partial charge is 0.413 e. The van der Waals surface area contributed by atoms with Gasteiger partial charge < -0.3 is 9.84 Å². The number of nitrogens with zero attached hydrogens (tertiary/aromatic N) is 2. The second-order valence-electron chi connectivity index (χ2n) is 10.4. The Morgan fingerprint density at radius 1 is 1.05 bits per heavy atom. The zero-order chi connectivity index (χ0) is 29.8. The van der Waals surface area contributed by atoms with Crippen LogP contribution in [0.2, 0.25) is 0 Å². The van der Waals surface area contributed by atoms with Crippen LogP contribution in [0, 0.1) is 0 Å². The third kappa shape index (κ3) is 5.10. The molecule has 6 rings (SSSR count). The van der Waals surface area contributed by atoms with E-state index in [-0.39, 0.29) is 4.90 Å². The summed E-state index contributed by atoms with van der Waals surface area (Å²) in [6.45, 7) is 1.81. The van der Waals surface area contributed by atoms with Gasteiger partial charge in [-0.25, -0.2) is 13.2 Å². The number of benzene rings is 2. The maximum Gasteiger partial charge on any atom is 0.413 e. The van der Waals surface area contributed by atoms with Gasteiger partial charge in [-0.2, -0.15) is 5.10 Å². The molecule has 0 radical (unpaired) electrons. The fourth-order valence-corrected chi connectivity index (χ4v) is 8.46. The SMILES string of the molecule is C[C@@H](OC(=O)Nc1c(-c2cc3sc(-c4ccc(C5(C(=O)O)CC5)c(S(C)(=O)=O)c4)cc3s2)cnn1C)c1ccccc1. The maximum absolute atomic E-state index is 12.7. The van der Waals surface area contributed by atoms with Crippen molar-refractivity contribution in [2.24, 2.45) is 7.05 Å². The molecule has 42 heavy (non-hydrogen) atoms. The molecule has 216 valence electrons. The number of nitrogens with one attached hydrogen (secondary N) is 1. The lowest BCUT2D eigenvalue weighted by atomic mass is 9.95. The van der Waals surface area contributed by atoms with Crippen LogP contribution in [0.1, 0.15) is 37.0 Å². The normalized spacial score (nSPS) is 14.9. The second-order valence-corrected chi connectivity index (χ2v) is 14.6. The van der Waals surface area contributed by atoms with Crippen molar-refractivity contribution in [2.45, 2.75) is 36.2 Å². The summed E-state index contributed by atoms with van der Waals surface area (Å²) in [5.41, 5.74) is 1.59. The molecule has 1 amide bonds. The number of fused-ring (bicyclic) bond motifs is 1. The lowest BCUT2D eigenvalue weighted by Gasteiger charge is -2.15. The minimum absolute atomic E-state index is 0.0666. The quantitative estimate of drug-likeness (QED) is 0.194. The number of hydrogen-bond acceptors (Lipinski definition) is 8. The van der Waals surface area contributed by atoms with E-state index in [1.54, 1.807) is 36.1 Å². The molecule has 1 saturated carbocycles. The fraction of sp³-hybridized carbons (Fsp3) is 0.233. The van der Waals surface area contributed by atoms with Gasteiger partial charge in [-0.3, -0.25) is 14.8 Å². The number of aliphatic carboxylic acids is 1. The van der Waals surface area contributed by atoms with Gasteiger partial charge in [-0.1, -0.05) is 42.5 Å². The van der Waals surface area contributed by atoms with Crippen molar-refractivity contribution in [2.75, 3.05) is 11.6 Å². The number of carbonyl (C=O) groups excluding carboxylic acids is 1. The van der Waals surface area contributed by atoms with Crippen LogP contribution in [0.3, 0.4) is 0 Å². The van der Waals surface area contributed by atoms with E-state index in [1.807, 2.05) is 49.4 Å². The molecular weight excluding hydrogens is 595 g/mol. The summed E-state index contributed by atoms with van der Waals surface area (Å²) in [5.74, 6) is -0.484. The predicted octanol–water partition coefficient (Wildman–Crippen LogP) is 6.86. The number of aromatic nitrogens is 2. The van der Waals surface area contributed by atoms with Gasteiger partial charge in [-0.15, -0.1) is 22.7 Å². The number of amides is 1. The molecular formula is C30H27N3O6S3.